The van der Waals surface area contributed by atoms with E-state index in [4.69, 9.17) is 42.9 Å². The van der Waals surface area contributed by atoms with E-state index in [2.05, 4.69) is 190 Å². The number of likely N-dealkylation sites (tertiary alicyclic amines) is 1. The van der Waals surface area contributed by atoms with Gasteiger partial charge in [0.25, 0.3) is 0 Å². The summed E-state index contributed by atoms with van der Waals surface area (Å²) in [5.74, 6) is 8.08. The van der Waals surface area contributed by atoms with Gasteiger partial charge < -0.3 is 44.8 Å². The van der Waals surface area contributed by atoms with Crippen LogP contribution in [0.1, 0.15) is 243 Å². The first-order chi connectivity index (χ1) is 58.8. The van der Waals surface area contributed by atoms with Gasteiger partial charge in [-0.25, -0.2) is 0 Å². The van der Waals surface area contributed by atoms with E-state index < -0.39 is 0 Å². The third-order valence-electron chi connectivity index (χ3n) is 16.2. The van der Waals surface area contributed by atoms with E-state index in [9.17, 15) is 4.79 Å². The summed E-state index contributed by atoms with van der Waals surface area (Å²) in [6, 6.07) is 68.6. The zero-order valence-corrected chi connectivity index (χ0v) is 83.2. The monoisotopic (exact) mass is 1780 g/mol. The number of aliphatic hydroxyl groups is 2. The fraction of sp³-hybridized carbons (Fsp3) is 0.472. The Morgan fingerprint density at radius 3 is 1.32 bits per heavy atom. The van der Waals surface area contributed by atoms with Gasteiger partial charge in [-0.1, -0.05) is 318 Å². The first-order valence-electron chi connectivity index (χ1n) is 43.9. The largest absolute Gasteiger partial charge is 0.497 e. The molecule has 1 saturated heterocycles. The quantitative estimate of drug-likeness (QED) is 0.0252. The minimum Gasteiger partial charge on any atom is -0.497 e. The zero-order chi connectivity index (χ0) is 93.9. The van der Waals surface area contributed by atoms with E-state index >= 15 is 0 Å². The zero-order valence-electron chi connectivity index (χ0n) is 80.9. The highest BCUT2D eigenvalue weighted by molar-refractivity contribution is 7.97. The van der Waals surface area contributed by atoms with E-state index in [1.165, 1.54) is 122 Å². The highest BCUT2D eigenvalue weighted by Crippen LogP contribution is 2.27. The Kier molecular flexibility index (Phi) is 122. The molecule has 1 saturated carbocycles. The van der Waals surface area contributed by atoms with Crippen molar-refractivity contribution in [3.8, 4) is 11.5 Å². The van der Waals surface area contributed by atoms with Crippen LogP contribution in [0.2, 0.25) is 10.0 Å². The minimum absolute atomic E-state index is 0. The lowest BCUT2D eigenvalue weighted by Crippen LogP contribution is -2.18. The number of hydrogen-bond donors (Lipinski definition) is 5. The number of thioether (sulfide) groups is 1. The van der Waals surface area contributed by atoms with Gasteiger partial charge in [-0.3, -0.25) is 14.8 Å². The number of nitrogens with zero attached hydrogens (tertiary/aromatic N) is 3. The molecule has 9 aromatic rings. The molecular formula is C108H180Cl2N6O7S. The second-order valence-electron chi connectivity index (χ2n) is 26.5. The summed E-state index contributed by atoms with van der Waals surface area (Å²) in [6.45, 7) is 58.1. The topological polar surface area (TPSA) is 174 Å². The fourth-order valence-electron chi connectivity index (χ4n) is 9.16. The van der Waals surface area contributed by atoms with E-state index in [1.54, 1.807) is 66.1 Å². The number of carbonyl (C=O) groups excluding carboxylic acids is 1. The Balaban J connectivity index is -0.000000140. The molecular weight excluding hydrogens is 1600 g/mol. The summed E-state index contributed by atoms with van der Waals surface area (Å²) < 4.78 is 14.7. The van der Waals surface area contributed by atoms with Crippen LogP contribution in [-0.4, -0.2) is 123 Å². The minimum atomic E-state index is -0.116. The maximum absolute atomic E-state index is 9.93. The molecule has 6 N–H and O–H groups in total. The number of amides is 1. The maximum atomic E-state index is 9.93. The van der Waals surface area contributed by atoms with Gasteiger partial charge in [0, 0.05) is 68.1 Å². The summed E-state index contributed by atoms with van der Waals surface area (Å²) in [5.41, 5.74) is 8.89. The summed E-state index contributed by atoms with van der Waals surface area (Å²) in [7, 11) is 5.05. The van der Waals surface area contributed by atoms with Crippen molar-refractivity contribution >= 4 is 57.7 Å². The second kappa shape index (κ2) is 111. The average Bonchev–Trinajstić information content (AvgIpc) is 1.000. The first-order valence-corrected chi connectivity index (χ1v) is 46.3. The molecule has 0 spiro atoms. The second-order valence-corrected chi connectivity index (χ2v) is 28.2. The van der Waals surface area contributed by atoms with Gasteiger partial charge in [0.1, 0.15) is 17.3 Å². The van der Waals surface area contributed by atoms with Crippen LogP contribution in [-0.2, 0) is 46.5 Å². The number of methoxy groups -OCH3 is 3. The predicted molar refractivity (Wildman–Crippen MR) is 559 cm³/mol. The van der Waals surface area contributed by atoms with E-state index in [1.807, 2.05) is 219 Å². The number of benzene rings is 7. The Morgan fingerprint density at radius 2 is 1.04 bits per heavy atom. The van der Waals surface area contributed by atoms with Crippen LogP contribution < -0.4 is 26.0 Å². The van der Waals surface area contributed by atoms with Crippen molar-refractivity contribution in [3.63, 3.8) is 0 Å². The molecule has 3 heterocycles. The summed E-state index contributed by atoms with van der Waals surface area (Å²) in [4.78, 5) is 24.5. The summed E-state index contributed by atoms with van der Waals surface area (Å²) in [5, 5.41) is 25.8. The molecule has 1 amide bonds. The molecule has 0 bridgehead atoms. The first kappa shape index (κ1) is 136. The van der Waals surface area contributed by atoms with E-state index in [0.29, 0.717) is 5.76 Å². The fourth-order valence-corrected chi connectivity index (χ4v) is 9.61. The lowest BCUT2D eigenvalue weighted by atomic mass is 10.1. The number of carbonyl (C=O) groups is 1. The smallest absolute Gasteiger partial charge is 0.216 e. The number of allylic oxidation sites excluding steroid dienone is 2. The van der Waals surface area contributed by atoms with Gasteiger partial charge in [0.15, 0.2) is 0 Å². The van der Waals surface area contributed by atoms with Crippen molar-refractivity contribution in [1.82, 2.24) is 25.5 Å². The van der Waals surface area contributed by atoms with Crippen LogP contribution in [0.5, 0.6) is 11.5 Å². The third-order valence-corrected chi connectivity index (χ3v) is 16.7. The molecule has 16 heteroatoms. The standard InChI is InChI=1S/C11H10O.C9H12O.C8H9Cl.C8H10.C8H8.C7H7Cl.2C7H9N.C7H14.C6H13N.C5H13N.C4H9NO.C4H10O.C3H7NO.C3H8O.C3H6.C2H6O.C2H6S.C2H6.2CH4/c1-12-11-7-6-9-4-2-3-5-10(9)8-11;1-3-8-4-6-9(10-2)7-5-8;1-2-7-4-3-5-8(9)6-7;2*1-2-8-6-4-3-5-7-8;1-6-3-2-4-7(8)5-6;1-2-7-4-3-5-8-6-7;1-2-7-5-3-4-6-8-7;2*1-2-7-5-3-4-6-7;1-3-5-6-4-2;1-3-5-4(2)6;1-3-4(2)5;1-3(2)5-4;1-3-4-2;1-3-2;1-2-3;1-3-2;1-2;;/h2-8H,1H3;4-7H,3H2,1-2H3;3-6H,2H2,1H3;3-7H,2H2,1H3;2-7H,1H2;2-5H,1H3;2*3-6H,2H2,1H3;7H,2-6H2,1H3;2-6H2,1H3;6H,3-5H2,1-2H3;3H2,1-2H3,(H,5,6);4-5H,3H2,1-2H3;1,4H2,2H3;3H2,1-2H3;3H,1H2,2H3;3H,2H2,1H3;1-2H3;1-2H3;2*1H4. The van der Waals surface area contributed by atoms with Crippen LogP contribution in [0.3, 0.4) is 0 Å². The number of aromatic nitrogens is 2. The summed E-state index contributed by atoms with van der Waals surface area (Å²) in [6.07, 6.45) is 30.8. The Bertz CT molecular complexity index is 3400. The average molecular weight is 1780 g/mol. The molecule has 704 valence electrons. The van der Waals surface area contributed by atoms with Gasteiger partial charge >= 0.3 is 0 Å². The maximum Gasteiger partial charge on any atom is 0.216 e. The Morgan fingerprint density at radius 1 is 0.597 bits per heavy atom. The lowest BCUT2D eigenvalue weighted by molar-refractivity contribution is -0.118. The van der Waals surface area contributed by atoms with E-state index in [0.717, 1.165) is 97.9 Å². The SMILES string of the molecule is C.C.C=C(C)ON.C=CC.C=Cc1ccccc1.CC.CCC(C)O.CCC1CCCC1.CCCNCC.CCN1CCCC1.CCNC(C)=O.CCO.CCOC.CCc1ccc(OC)cc1.CCc1cccc(Cl)c1.CCc1ccccc1.CCc1ccccn1.CCc1cccnc1.COc1ccc2ccccc2c1.CSC.Cc1cccc(Cl)c1. The Hall–Kier alpha value is -8.12. The molecule has 2 aromatic heterocycles. The molecule has 1 unspecified atom stereocenters. The molecule has 2 fully saturated rings. The lowest BCUT2D eigenvalue weighted by Gasteiger charge is -2.08. The number of halogens is 2. The predicted octanol–water partition coefficient (Wildman–Crippen LogP) is 29.7. The number of nitrogens with two attached hydrogens (primary N) is 1. The van der Waals surface area contributed by atoms with Crippen LogP contribution in [0.4, 0.5) is 0 Å². The van der Waals surface area contributed by atoms with Crippen LogP contribution >= 0.6 is 35.0 Å². The number of pyridine rings is 2. The van der Waals surface area contributed by atoms with Crippen LogP contribution in [0, 0.1) is 12.8 Å². The summed E-state index contributed by atoms with van der Waals surface area (Å²) >= 11 is 13.1. The van der Waals surface area contributed by atoms with E-state index in [-0.39, 0.29) is 33.5 Å². The molecule has 11 rings (SSSR count). The van der Waals surface area contributed by atoms with Crippen molar-refractivity contribution in [1.29, 1.82) is 0 Å². The van der Waals surface area contributed by atoms with Gasteiger partial charge in [-0.15, -0.1) is 6.58 Å². The van der Waals surface area contributed by atoms with Gasteiger partial charge in [0.2, 0.25) is 5.91 Å². The number of nitrogens with one attached hydrogen (secondary N) is 2. The molecule has 0 radical (unpaired) electrons. The molecule has 13 nitrogen and oxygen atoms in total. The number of rotatable bonds is 17. The van der Waals surface area contributed by atoms with Crippen LogP contribution in [0.25, 0.3) is 16.8 Å². The molecule has 124 heavy (non-hydrogen) atoms. The number of hydrogen-bond acceptors (Lipinski definition) is 13. The van der Waals surface area contributed by atoms with Gasteiger partial charge in [-0.2, -0.15) is 17.7 Å². The van der Waals surface area contributed by atoms with Crippen molar-refractivity contribution in [2.45, 2.75) is 249 Å². The van der Waals surface area contributed by atoms with Crippen molar-refractivity contribution < 1.29 is 34.1 Å². The third kappa shape index (κ3) is 103. The highest BCUT2D eigenvalue weighted by atomic mass is 35.5. The molecule has 1 aliphatic carbocycles. The van der Waals surface area contributed by atoms with Crippen molar-refractivity contribution in [2.75, 3.05) is 86.3 Å². The highest BCUT2D eigenvalue weighted by Gasteiger charge is 2.11. The molecule has 7 aromatic carbocycles. The molecule has 1 atom stereocenters. The number of fused-ring (bicyclic) bond motifs is 1. The normalized spacial score (nSPS) is 10.4. The molecule has 1 aliphatic heterocycles. The van der Waals surface area contributed by atoms with Gasteiger partial charge in [0.05, 0.1) is 20.3 Å². The molecule has 2 aliphatic rings. The number of ether oxygens (including phenoxy) is 3. The van der Waals surface area contributed by atoms with Crippen LogP contribution in [0.15, 0.2) is 256 Å². The number of aryl methyl sites for hydroxylation is 6. The van der Waals surface area contributed by atoms with Crippen molar-refractivity contribution in [2.24, 2.45) is 11.8 Å². The number of aliphatic hydroxyl groups excluding tert-OH is 2. The Labute approximate surface area is 776 Å². The van der Waals surface area contributed by atoms with Crippen molar-refractivity contribution in [3.05, 3.63) is 306 Å². The van der Waals surface area contributed by atoms with Gasteiger partial charge in [-0.05, 0) is 268 Å².